The Hall–Kier alpha value is -2.82. The maximum absolute atomic E-state index is 12.5. The van der Waals surface area contributed by atoms with Crippen molar-refractivity contribution in [1.82, 2.24) is 4.90 Å². The van der Waals surface area contributed by atoms with Gasteiger partial charge in [0.05, 0.1) is 12.2 Å². The van der Waals surface area contributed by atoms with Gasteiger partial charge in [-0.25, -0.2) is 4.79 Å². The molecule has 0 spiro atoms. The third kappa shape index (κ3) is 5.09. The molecule has 1 amide bonds. The number of carbonyl (C=O) groups excluding carboxylic acids is 2. The van der Waals surface area contributed by atoms with Crippen LogP contribution in [0, 0.1) is 0 Å². The Kier molecular flexibility index (Phi) is 6.47. The average molecular weight is 366 g/mol. The predicted octanol–water partition coefficient (Wildman–Crippen LogP) is 3.14. The SMILES string of the molecule is CCOC(=O)c1ccc(N2CCN(C(=O)CCc3ccccc3)CC2)cc1. The van der Waals surface area contributed by atoms with Crippen LogP contribution >= 0.6 is 0 Å². The fourth-order valence-electron chi connectivity index (χ4n) is 3.29. The number of carbonyl (C=O) groups is 2. The first-order valence-corrected chi connectivity index (χ1v) is 9.51. The third-order valence-corrected chi connectivity index (χ3v) is 4.85. The molecule has 5 heteroatoms. The minimum Gasteiger partial charge on any atom is -0.462 e. The summed E-state index contributed by atoms with van der Waals surface area (Å²) in [5, 5.41) is 0. The Bertz CT molecular complexity index is 751. The second-order valence-electron chi connectivity index (χ2n) is 6.62. The molecule has 0 aromatic heterocycles. The maximum Gasteiger partial charge on any atom is 0.338 e. The van der Waals surface area contributed by atoms with Crippen molar-refractivity contribution in [2.45, 2.75) is 19.8 Å². The van der Waals surface area contributed by atoms with Crippen molar-refractivity contribution in [2.24, 2.45) is 0 Å². The van der Waals surface area contributed by atoms with Crippen molar-refractivity contribution in [2.75, 3.05) is 37.7 Å². The van der Waals surface area contributed by atoms with E-state index in [9.17, 15) is 9.59 Å². The summed E-state index contributed by atoms with van der Waals surface area (Å²) in [5.74, 6) is -0.0750. The number of rotatable bonds is 6. The number of piperazine rings is 1. The van der Waals surface area contributed by atoms with Gasteiger partial charge in [0, 0.05) is 38.3 Å². The van der Waals surface area contributed by atoms with Gasteiger partial charge in [-0.05, 0) is 43.2 Å². The highest BCUT2D eigenvalue weighted by Gasteiger charge is 2.21. The van der Waals surface area contributed by atoms with Crippen molar-refractivity contribution in [1.29, 1.82) is 0 Å². The standard InChI is InChI=1S/C22H26N2O3/c1-2-27-22(26)19-9-11-20(12-10-19)23-14-16-24(17-15-23)21(25)13-8-18-6-4-3-5-7-18/h3-7,9-12H,2,8,13-17H2,1H3. The number of hydrogen-bond acceptors (Lipinski definition) is 4. The normalized spacial score (nSPS) is 14.1. The number of amides is 1. The first-order valence-electron chi connectivity index (χ1n) is 9.51. The van der Waals surface area contributed by atoms with E-state index in [-0.39, 0.29) is 11.9 Å². The molecule has 142 valence electrons. The Labute approximate surface area is 160 Å². The number of hydrogen-bond donors (Lipinski definition) is 0. The zero-order chi connectivity index (χ0) is 19.1. The summed E-state index contributed by atoms with van der Waals surface area (Å²) < 4.78 is 5.01. The first-order chi connectivity index (χ1) is 13.2. The molecule has 1 aliphatic rings. The highest BCUT2D eigenvalue weighted by atomic mass is 16.5. The van der Waals surface area contributed by atoms with E-state index in [0.717, 1.165) is 38.3 Å². The van der Waals surface area contributed by atoms with Gasteiger partial charge >= 0.3 is 5.97 Å². The summed E-state index contributed by atoms with van der Waals surface area (Å²) in [5.41, 5.74) is 2.83. The number of esters is 1. The van der Waals surface area contributed by atoms with E-state index < -0.39 is 0 Å². The minimum atomic E-state index is -0.294. The van der Waals surface area contributed by atoms with Crippen LogP contribution in [0.5, 0.6) is 0 Å². The Morgan fingerprint density at radius 1 is 0.926 bits per heavy atom. The van der Waals surface area contributed by atoms with Crippen LogP contribution < -0.4 is 4.90 Å². The van der Waals surface area contributed by atoms with E-state index in [1.807, 2.05) is 35.2 Å². The molecule has 0 bridgehead atoms. The largest absolute Gasteiger partial charge is 0.462 e. The van der Waals surface area contributed by atoms with Crippen LogP contribution in [-0.4, -0.2) is 49.6 Å². The lowest BCUT2D eigenvalue weighted by Crippen LogP contribution is -2.48. The second-order valence-corrected chi connectivity index (χ2v) is 6.62. The van der Waals surface area contributed by atoms with Crippen molar-refractivity contribution < 1.29 is 14.3 Å². The molecule has 27 heavy (non-hydrogen) atoms. The van der Waals surface area contributed by atoms with Gasteiger partial charge in [0.15, 0.2) is 0 Å². The number of aryl methyl sites for hydroxylation is 1. The van der Waals surface area contributed by atoms with Crippen LogP contribution in [0.4, 0.5) is 5.69 Å². The van der Waals surface area contributed by atoms with Gasteiger partial charge in [0.2, 0.25) is 5.91 Å². The molecule has 1 aliphatic heterocycles. The van der Waals surface area contributed by atoms with Crippen LogP contribution in [-0.2, 0) is 16.0 Å². The van der Waals surface area contributed by atoms with E-state index >= 15 is 0 Å². The minimum absolute atomic E-state index is 0.219. The number of benzene rings is 2. The summed E-state index contributed by atoms with van der Waals surface area (Å²) in [6.07, 6.45) is 1.34. The van der Waals surface area contributed by atoms with Crippen molar-refractivity contribution >= 4 is 17.6 Å². The summed E-state index contributed by atoms with van der Waals surface area (Å²) in [6.45, 7) is 5.24. The Balaban J connectivity index is 1.48. The van der Waals surface area contributed by atoms with E-state index in [2.05, 4.69) is 17.0 Å². The van der Waals surface area contributed by atoms with Crippen LogP contribution in [0.25, 0.3) is 0 Å². The molecule has 0 saturated carbocycles. The number of anilines is 1. The quantitative estimate of drug-likeness (QED) is 0.737. The zero-order valence-corrected chi connectivity index (χ0v) is 15.8. The summed E-state index contributed by atoms with van der Waals surface area (Å²) >= 11 is 0. The van der Waals surface area contributed by atoms with Crippen molar-refractivity contribution in [3.05, 3.63) is 65.7 Å². The van der Waals surface area contributed by atoms with Crippen LogP contribution in [0.15, 0.2) is 54.6 Å². The molecule has 0 aliphatic carbocycles. The summed E-state index contributed by atoms with van der Waals surface area (Å²) in [7, 11) is 0. The smallest absolute Gasteiger partial charge is 0.338 e. The monoisotopic (exact) mass is 366 g/mol. The van der Waals surface area contributed by atoms with Gasteiger partial charge in [-0.1, -0.05) is 30.3 Å². The molecule has 0 radical (unpaired) electrons. The molecule has 5 nitrogen and oxygen atoms in total. The molecule has 2 aromatic rings. The highest BCUT2D eigenvalue weighted by molar-refractivity contribution is 5.89. The van der Waals surface area contributed by atoms with Crippen molar-refractivity contribution in [3.63, 3.8) is 0 Å². The van der Waals surface area contributed by atoms with E-state index in [0.29, 0.717) is 18.6 Å². The molecule has 1 saturated heterocycles. The van der Waals surface area contributed by atoms with E-state index in [1.165, 1.54) is 5.56 Å². The first kappa shape index (κ1) is 19.0. The van der Waals surface area contributed by atoms with E-state index in [1.54, 1.807) is 19.1 Å². The van der Waals surface area contributed by atoms with Gasteiger partial charge in [0.1, 0.15) is 0 Å². The topological polar surface area (TPSA) is 49.9 Å². The fourth-order valence-corrected chi connectivity index (χ4v) is 3.29. The molecule has 1 fully saturated rings. The van der Waals surface area contributed by atoms with E-state index in [4.69, 9.17) is 4.74 Å². The van der Waals surface area contributed by atoms with Crippen LogP contribution in [0.3, 0.4) is 0 Å². The summed E-state index contributed by atoms with van der Waals surface area (Å²) in [4.78, 5) is 28.4. The van der Waals surface area contributed by atoms with Gasteiger partial charge < -0.3 is 14.5 Å². The second kappa shape index (κ2) is 9.21. The molecule has 0 N–H and O–H groups in total. The zero-order valence-electron chi connectivity index (χ0n) is 15.8. The van der Waals surface area contributed by atoms with Gasteiger partial charge in [-0.15, -0.1) is 0 Å². The Morgan fingerprint density at radius 2 is 1.59 bits per heavy atom. The number of ether oxygens (including phenoxy) is 1. The lowest BCUT2D eigenvalue weighted by molar-refractivity contribution is -0.131. The summed E-state index contributed by atoms with van der Waals surface area (Å²) in [6, 6.07) is 17.6. The molecule has 2 aromatic carbocycles. The lowest BCUT2D eigenvalue weighted by Gasteiger charge is -2.36. The van der Waals surface area contributed by atoms with Crippen LogP contribution in [0.2, 0.25) is 0 Å². The molecule has 1 heterocycles. The lowest BCUT2D eigenvalue weighted by atomic mass is 10.1. The van der Waals surface area contributed by atoms with Crippen LogP contribution in [0.1, 0.15) is 29.3 Å². The molecule has 0 atom stereocenters. The fraction of sp³-hybridized carbons (Fsp3) is 0.364. The van der Waals surface area contributed by atoms with Gasteiger partial charge in [-0.3, -0.25) is 4.79 Å². The van der Waals surface area contributed by atoms with Gasteiger partial charge in [0.25, 0.3) is 0 Å². The Morgan fingerprint density at radius 3 is 2.22 bits per heavy atom. The third-order valence-electron chi connectivity index (χ3n) is 4.85. The molecular weight excluding hydrogens is 340 g/mol. The molecule has 0 unspecified atom stereocenters. The highest BCUT2D eigenvalue weighted by Crippen LogP contribution is 2.18. The van der Waals surface area contributed by atoms with Crippen molar-refractivity contribution in [3.8, 4) is 0 Å². The van der Waals surface area contributed by atoms with Gasteiger partial charge in [-0.2, -0.15) is 0 Å². The average Bonchev–Trinajstić information content (AvgIpc) is 2.73. The molecule has 3 rings (SSSR count). The predicted molar refractivity (Wildman–Crippen MR) is 106 cm³/mol. The maximum atomic E-state index is 12.5. The number of nitrogens with zero attached hydrogens (tertiary/aromatic N) is 2. The molecular formula is C22H26N2O3.